The van der Waals surface area contributed by atoms with E-state index in [9.17, 15) is 22.0 Å². The molecule has 0 spiro atoms. The Balaban J connectivity index is 1.33. The van der Waals surface area contributed by atoms with E-state index in [0.29, 0.717) is 42.1 Å². The first-order valence-electron chi connectivity index (χ1n) is 14.7. The summed E-state index contributed by atoms with van der Waals surface area (Å²) < 4.78 is 70.3. The number of carbonyl (C=O) groups excluding carboxylic acids is 1. The van der Waals surface area contributed by atoms with Crippen molar-refractivity contribution in [1.29, 1.82) is 0 Å². The van der Waals surface area contributed by atoms with E-state index in [1.54, 1.807) is 28.6 Å². The summed E-state index contributed by atoms with van der Waals surface area (Å²) in [7, 11) is -3.39. The molecule has 5 atom stereocenters. The maximum Gasteiger partial charge on any atom is 0.248 e. The fourth-order valence-corrected chi connectivity index (χ4v) is 8.81. The van der Waals surface area contributed by atoms with Gasteiger partial charge in [-0.2, -0.15) is 4.31 Å². The summed E-state index contributed by atoms with van der Waals surface area (Å²) in [5.74, 6) is -4.22. The van der Waals surface area contributed by atoms with Crippen LogP contribution in [0.3, 0.4) is 0 Å². The summed E-state index contributed by atoms with van der Waals surface area (Å²) >= 11 is 6.08. The van der Waals surface area contributed by atoms with Gasteiger partial charge in [0.05, 0.1) is 18.0 Å². The zero-order valence-corrected chi connectivity index (χ0v) is 25.0. The summed E-state index contributed by atoms with van der Waals surface area (Å²) in [5, 5.41) is 3.93. The lowest BCUT2D eigenvalue weighted by Gasteiger charge is -2.37. The summed E-state index contributed by atoms with van der Waals surface area (Å²) in [6.45, 7) is 0.893. The topological polar surface area (TPSA) is 105 Å². The molecule has 1 saturated carbocycles. The van der Waals surface area contributed by atoms with Crippen molar-refractivity contribution in [2.75, 3.05) is 18.8 Å². The number of hydrogen-bond donors (Lipinski definition) is 2. The van der Waals surface area contributed by atoms with Gasteiger partial charge in [-0.1, -0.05) is 23.7 Å². The molecule has 3 heterocycles. The van der Waals surface area contributed by atoms with Crippen LogP contribution in [0.25, 0.3) is 0 Å². The number of Topliss-reactive ketones (excluding diaryl/α,β-unsaturated/α-hetero) is 1. The van der Waals surface area contributed by atoms with Gasteiger partial charge in [-0.25, -0.2) is 21.6 Å². The van der Waals surface area contributed by atoms with Gasteiger partial charge in [-0.15, -0.1) is 0 Å². The molecule has 3 aliphatic rings. The number of carbonyl (C=O) groups is 1. The van der Waals surface area contributed by atoms with Crippen LogP contribution in [0.4, 0.5) is 13.2 Å². The average molecular weight is 627 g/mol. The van der Waals surface area contributed by atoms with Crippen LogP contribution < -0.4 is 11.1 Å². The van der Waals surface area contributed by atoms with E-state index in [0.717, 1.165) is 18.2 Å². The Morgan fingerprint density at radius 3 is 2.60 bits per heavy atom. The number of pyridine rings is 1. The van der Waals surface area contributed by atoms with Gasteiger partial charge in [0.15, 0.2) is 5.78 Å². The molecule has 230 valence electrons. The van der Waals surface area contributed by atoms with E-state index in [1.165, 1.54) is 6.20 Å². The highest BCUT2D eigenvalue weighted by atomic mass is 35.5. The fourth-order valence-electron chi connectivity index (χ4n) is 6.88. The Morgan fingerprint density at radius 2 is 1.88 bits per heavy atom. The molecule has 1 aliphatic carbocycles. The Morgan fingerprint density at radius 1 is 1.17 bits per heavy atom. The molecular weight excluding hydrogens is 589 g/mol. The largest absolute Gasteiger partial charge is 0.321 e. The van der Waals surface area contributed by atoms with Gasteiger partial charge >= 0.3 is 0 Å². The Labute approximate surface area is 250 Å². The number of rotatable bonds is 9. The number of aromatic nitrogens is 1. The van der Waals surface area contributed by atoms with Crippen molar-refractivity contribution in [3.63, 3.8) is 0 Å². The van der Waals surface area contributed by atoms with Gasteiger partial charge in [0.2, 0.25) is 15.9 Å². The zero-order valence-electron chi connectivity index (χ0n) is 23.5. The predicted octanol–water partition coefficient (Wildman–Crippen LogP) is 4.62. The third-order valence-corrected chi connectivity index (χ3v) is 11.4. The van der Waals surface area contributed by atoms with E-state index >= 15 is 4.39 Å². The van der Waals surface area contributed by atoms with E-state index < -0.39 is 33.7 Å². The van der Waals surface area contributed by atoms with Crippen molar-refractivity contribution < 1.29 is 26.4 Å². The van der Waals surface area contributed by atoms with Gasteiger partial charge in [0.25, 0.3) is 0 Å². The first-order valence-corrected chi connectivity index (χ1v) is 16.7. The molecule has 3 N–H and O–H groups in total. The maximum absolute atomic E-state index is 15.1. The Hall–Kier alpha value is -2.05. The standard InChI is InChI=1S/C30H38ClF3N4O3S/c31-22-5-3-19(4-6-22)28(20-9-11-30(33,34)12-10-20)29(35)27(39)14-21-15-36-17-26(32)25(21)8-7-24-16-37-23-2-1-13-42(40,41)38(24)18-23/h3-6,15,17,20,23-24,28-29,37H,1-2,7-14,16,18,35H2/t23-,24+,28+,29-/m1/s1. The van der Waals surface area contributed by atoms with Crippen molar-refractivity contribution in [2.45, 2.75) is 87.8 Å². The predicted molar refractivity (Wildman–Crippen MR) is 156 cm³/mol. The second-order valence-electron chi connectivity index (χ2n) is 12.0. The minimum absolute atomic E-state index is 0.108. The molecule has 5 rings (SSSR count). The fraction of sp³-hybridized carbons (Fsp3) is 0.600. The number of sulfonamides is 1. The number of halogens is 4. The second kappa shape index (κ2) is 12.9. The molecule has 2 aliphatic heterocycles. The molecule has 1 unspecified atom stereocenters. The summed E-state index contributed by atoms with van der Waals surface area (Å²) in [4.78, 5) is 17.6. The summed E-state index contributed by atoms with van der Waals surface area (Å²) in [6.07, 6.45) is 4.37. The number of ketones is 1. The molecule has 0 radical (unpaired) electrons. The van der Waals surface area contributed by atoms with Crippen molar-refractivity contribution in [1.82, 2.24) is 14.6 Å². The maximum atomic E-state index is 15.1. The quantitative estimate of drug-likeness (QED) is 0.421. The van der Waals surface area contributed by atoms with Crippen LogP contribution in [-0.4, -0.2) is 66.4 Å². The van der Waals surface area contributed by atoms with E-state index in [1.807, 2.05) is 0 Å². The molecule has 0 amide bonds. The number of nitrogens with two attached hydrogens (primary N) is 1. The van der Waals surface area contributed by atoms with Gasteiger partial charge in [0, 0.05) is 61.6 Å². The second-order valence-corrected chi connectivity index (χ2v) is 14.5. The van der Waals surface area contributed by atoms with Gasteiger partial charge in [-0.05, 0) is 73.3 Å². The third-order valence-electron chi connectivity index (χ3n) is 9.23. The third kappa shape index (κ3) is 7.18. The van der Waals surface area contributed by atoms with Gasteiger partial charge in [-0.3, -0.25) is 9.78 Å². The van der Waals surface area contributed by atoms with Crippen LogP contribution in [0.2, 0.25) is 5.02 Å². The number of fused-ring (bicyclic) bond motifs is 2. The minimum Gasteiger partial charge on any atom is -0.321 e. The van der Waals surface area contributed by atoms with Gasteiger partial charge < -0.3 is 11.1 Å². The molecule has 1 aromatic carbocycles. The van der Waals surface area contributed by atoms with Crippen LogP contribution in [0.5, 0.6) is 0 Å². The first-order chi connectivity index (χ1) is 19.9. The molecule has 2 aromatic rings. The highest BCUT2D eigenvalue weighted by Gasteiger charge is 2.41. The number of alkyl halides is 2. The first kappa shape index (κ1) is 31.4. The Bertz CT molecular complexity index is 1370. The van der Waals surface area contributed by atoms with E-state index in [-0.39, 0.29) is 68.1 Å². The smallest absolute Gasteiger partial charge is 0.248 e. The van der Waals surface area contributed by atoms with Crippen LogP contribution in [-0.2, 0) is 27.7 Å². The molecule has 7 nitrogen and oxygen atoms in total. The molecule has 1 aromatic heterocycles. The molecular formula is C30H38ClF3N4O3S. The molecule has 2 bridgehead atoms. The van der Waals surface area contributed by atoms with E-state index in [4.69, 9.17) is 17.3 Å². The van der Waals surface area contributed by atoms with Crippen LogP contribution in [0.1, 0.15) is 67.6 Å². The normalized spacial score (nSPS) is 27.1. The monoisotopic (exact) mass is 626 g/mol. The lowest BCUT2D eigenvalue weighted by Crippen LogP contribution is -2.57. The molecule has 2 saturated heterocycles. The summed E-state index contributed by atoms with van der Waals surface area (Å²) in [5.41, 5.74) is 8.07. The number of nitrogens with zero attached hydrogens (tertiary/aromatic N) is 2. The van der Waals surface area contributed by atoms with Crippen LogP contribution in [0, 0.1) is 11.7 Å². The lowest BCUT2D eigenvalue weighted by atomic mass is 9.71. The molecule has 3 fully saturated rings. The Kier molecular flexibility index (Phi) is 9.64. The number of nitrogens with one attached hydrogen (secondary N) is 1. The highest BCUT2D eigenvalue weighted by Crippen LogP contribution is 2.43. The zero-order chi connectivity index (χ0) is 30.1. The van der Waals surface area contributed by atoms with Crippen molar-refractivity contribution in [3.8, 4) is 0 Å². The highest BCUT2D eigenvalue weighted by molar-refractivity contribution is 7.89. The lowest BCUT2D eigenvalue weighted by molar-refractivity contribution is -0.120. The van der Waals surface area contributed by atoms with Crippen LogP contribution in [0.15, 0.2) is 36.7 Å². The van der Waals surface area contributed by atoms with Gasteiger partial charge in [0.1, 0.15) is 5.82 Å². The minimum atomic E-state index is -3.39. The summed E-state index contributed by atoms with van der Waals surface area (Å²) in [6, 6.07) is 5.75. The van der Waals surface area contributed by atoms with Crippen molar-refractivity contribution in [3.05, 3.63) is 64.2 Å². The SMILES string of the molecule is N[C@H](C(=O)Cc1cncc(F)c1CC[C@H]1CN[C@@H]2CCCS(=O)(=O)N1C2)[C@@H](c1ccc(Cl)cc1)C1CCC(F)(F)CC1. The average Bonchev–Trinajstić information content (AvgIpc) is 3.06. The van der Waals surface area contributed by atoms with Crippen molar-refractivity contribution >= 4 is 27.4 Å². The molecule has 42 heavy (non-hydrogen) atoms. The number of benzene rings is 1. The molecule has 12 heteroatoms. The van der Waals surface area contributed by atoms with Crippen molar-refractivity contribution in [2.24, 2.45) is 11.7 Å². The number of hydrogen-bond acceptors (Lipinski definition) is 6. The van der Waals surface area contributed by atoms with Crippen LogP contribution >= 0.6 is 11.6 Å². The van der Waals surface area contributed by atoms with E-state index in [2.05, 4.69) is 10.3 Å². The number of piperazine rings is 1.